The van der Waals surface area contributed by atoms with Gasteiger partial charge in [-0.15, -0.1) is 0 Å². The summed E-state index contributed by atoms with van der Waals surface area (Å²) in [5.74, 6) is 1.23. The van der Waals surface area contributed by atoms with Crippen molar-refractivity contribution in [2.24, 2.45) is 0 Å². The minimum Gasteiger partial charge on any atom is -0.497 e. The molecule has 0 bridgehead atoms. The van der Waals surface area contributed by atoms with Crippen LogP contribution in [0.3, 0.4) is 0 Å². The summed E-state index contributed by atoms with van der Waals surface area (Å²) in [5.41, 5.74) is 2.72. The highest BCUT2D eigenvalue weighted by atomic mass is 16.5. The summed E-state index contributed by atoms with van der Waals surface area (Å²) in [6.07, 6.45) is 5.29. The standard InChI is InChI=1S/C18H19N5O2/c1-13-11-15(25-2)3-4-16(13)20-18(24)21-17-7-10-23(22-17)12-14-5-8-19-9-6-14/h3-11H,12H2,1-2H3,(H2,20,21,22,24). The molecule has 3 aromatic rings. The fraction of sp³-hybridized carbons (Fsp3) is 0.167. The van der Waals surface area contributed by atoms with Crippen molar-refractivity contribution in [3.05, 3.63) is 66.1 Å². The van der Waals surface area contributed by atoms with Gasteiger partial charge < -0.3 is 10.1 Å². The van der Waals surface area contributed by atoms with Crippen molar-refractivity contribution in [3.63, 3.8) is 0 Å². The molecule has 0 aliphatic heterocycles. The number of ether oxygens (including phenoxy) is 1. The average molecular weight is 337 g/mol. The van der Waals surface area contributed by atoms with Crippen LogP contribution in [0.2, 0.25) is 0 Å². The number of carbonyl (C=O) groups is 1. The SMILES string of the molecule is COc1ccc(NC(=O)Nc2ccn(Cc3ccncc3)n2)c(C)c1. The van der Waals surface area contributed by atoms with E-state index in [0.29, 0.717) is 12.4 Å². The predicted molar refractivity (Wildman–Crippen MR) is 95.9 cm³/mol. The Morgan fingerprint density at radius 3 is 2.68 bits per heavy atom. The van der Waals surface area contributed by atoms with E-state index in [9.17, 15) is 4.79 Å². The molecule has 0 saturated heterocycles. The average Bonchev–Trinajstić information content (AvgIpc) is 3.04. The Morgan fingerprint density at radius 1 is 1.16 bits per heavy atom. The molecule has 2 aromatic heterocycles. The number of nitrogens with zero attached hydrogens (tertiary/aromatic N) is 3. The van der Waals surface area contributed by atoms with Crippen LogP contribution in [-0.4, -0.2) is 27.9 Å². The van der Waals surface area contributed by atoms with Gasteiger partial charge in [0.15, 0.2) is 5.82 Å². The molecule has 0 spiro atoms. The van der Waals surface area contributed by atoms with Crippen LogP contribution in [0.5, 0.6) is 5.75 Å². The van der Waals surface area contributed by atoms with Crippen LogP contribution in [-0.2, 0) is 6.54 Å². The first kappa shape index (κ1) is 16.5. The van der Waals surface area contributed by atoms with E-state index in [0.717, 1.165) is 22.6 Å². The van der Waals surface area contributed by atoms with Crippen LogP contribution in [0.4, 0.5) is 16.3 Å². The highest BCUT2D eigenvalue weighted by Gasteiger charge is 2.08. The van der Waals surface area contributed by atoms with E-state index >= 15 is 0 Å². The number of carbonyl (C=O) groups excluding carboxylic acids is 1. The molecular formula is C18H19N5O2. The maximum Gasteiger partial charge on any atom is 0.324 e. The van der Waals surface area contributed by atoms with Gasteiger partial charge in [0.1, 0.15) is 5.75 Å². The number of hydrogen-bond donors (Lipinski definition) is 2. The van der Waals surface area contributed by atoms with Gasteiger partial charge in [0.05, 0.1) is 13.7 Å². The van der Waals surface area contributed by atoms with Crippen LogP contribution in [0.15, 0.2) is 55.0 Å². The number of benzene rings is 1. The summed E-state index contributed by atoms with van der Waals surface area (Å²) in [5, 5.41) is 9.87. The van der Waals surface area contributed by atoms with Crippen LogP contribution in [0, 0.1) is 6.92 Å². The Labute approximate surface area is 145 Å². The number of rotatable bonds is 5. The normalized spacial score (nSPS) is 10.3. The van der Waals surface area contributed by atoms with E-state index in [1.54, 1.807) is 42.4 Å². The second-order valence-electron chi connectivity index (χ2n) is 5.51. The van der Waals surface area contributed by atoms with Crippen LogP contribution in [0.25, 0.3) is 0 Å². The molecule has 2 N–H and O–H groups in total. The molecule has 1 aromatic carbocycles. The largest absolute Gasteiger partial charge is 0.497 e. The fourth-order valence-corrected chi connectivity index (χ4v) is 2.36. The lowest BCUT2D eigenvalue weighted by molar-refractivity contribution is 0.262. The van der Waals surface area contributed by atoms with E-state index in [2.05, 4.69) is 20.7 Å². The van der Waals surface area contributed by atoms with Crippen molar-refractivity contribution in [2.45, 2.75) is 13.5 Å². The number of hydrogen-bond acceptors (Lipinski definition) is 4. The van der Waals surface area contributed by atoms with Crippen LogP contribution < -0.4 is 15.4 Å². The van der Waals surface area contributed by atoms with E-state index in [1.807, 2.05) is 31.3 Å². The van der Waals surface area contributed by atoms with Crippen molar-refractivity contribution >= 4 is 17.5 Å². The Kier molecular flexibility index (Phi) is 4.94. The molecule has 0 unspecified atom stereocenters. The third-order valence-electron chi connectivity index (χ3n) is 3.66. The summed E-state index contributed by atoms with van der Waals surface area (Å²) in [7, 11) is 1.61. The van der Waals surface area contributed by atoms with E-state index in [-0.39, 0.29) is 6.03 Å². The lowest BCUT2D eigenvalue weighted by Crippen LogP contribution is -2.20. The molecule has 7 heteroatoms. The fourth-order valence-electron chi connectivity index (χ4n) is 2.36. The second-order valence-corrected chi connectivity index (χ2v) is 5.51. The zero-order valence-corrected chi connectivity index (χ0v) is 14.1. The zero-order valence-electron chi connectivity index (χ0n) is 14.1. The monoisotopic (exact) mass is 337 g/mol. The number of aromatic nitrogens is 3. The Balaban J connectivity index is 1.60. The molecule has 0 saturated carbocycles. The topological polar surface area (TPSA) is 81.1 Å². The highest BCUT2D eigenvalue weighted by Crippen LogP contribution is 2.21. The minimum atomic E-state index is -0.345. The van der Waals surface area contributed by atoms with Gasteiger partial charge in [-0.2, -0.15) is 5.10 Å². The predicted octanol–water partition coefficient (Wildman–Crippen LogP) is 3.29. The molecule has 0 aliphatic rings. The van der Waals surface area contributed by atoms with Crippen molar-refractivity contribution < 1.29 is 9.53 Å². The lowest BCUT2D eigenvalue weighted by Gasteiger charge is -2.10. The van der Waals surface area contributed by atoms with Gasteiger partial charge in [0.2, 0.25) is 0 Å². The first-order chi connectivity index (χ1) is 12.1. The lowest BCUT2D eigenvalue weighted by atomic mass is 10.2. The Hall–Kier alpha value is -3.35. The number of anilines is 2. The van der Waals surface area contributed by atoms with Crippen molar-refractivity contribution in [3.8, 4) is 5.75 Å². The zero-order chi connectivity index (χ0) is 17.6. The van der Waals surface area contributed by atoms with E-state index in [1.165, 1.54) is 0 Å². The van der Waals surface area contributed by atoms with Gasteiger partial charge in [-0.3, -0.25) is 15.0 Å². The first-order valence-electron chi connectivity index (χ1n) is 7.79. The molecule has 7 nitrogen and oxygen atoms in total. The van der Waals surface area contributed by atoms with Gasteiger partial charge in [0.25, 0.3) is 0 Å². The van der Waals surface area contributed by atoms with Crippen molar-refractivity contribution in [1.29, 1.82) is 0 Å². The molecular weight excluding hydrogens is 318 g/mol. The molecule has 0 fully saturated rings. The minimum absolute atomic E-state index is 0.345. The number of aryl methyl sites for hydroxylation is 1. The maximum absolute atomic E-state index is 12.1. The van der Waals surface area contributed by atoms with Crippen LogP contribution in [0.1, 0.15) is 11.1 Å². The van der Waals surface area contributed by atoms with Gasteiger partial charge >= 0.3 is 6.03 Å². The van der Waals surface area contributed by atoms with Gasteiger partial charge in [-0.25, -0.2) is 4.79 Å². The smallest absolute Gasteiger partial charge is 0.324 e. The maximum atomic E-state index is 12.1. The number of amides is 2. The van der Waals surface area contributed by atoms with Crippen molar-refractivity contribution in [1.82, 2.24) is 14.8 Å². The number of pyridine rings is 1. The van der Waals surface area contributed by atoms with Gasteiger partial charge in [-0.05, 0) is 48.4 Å². The third-order valence-corrected chi connectivity index (χ3v) is 3.66. The number of methoxy groups -OCH3 is 1. The second kappa shape index (κ2) is 7.48. The summed E-state index contributed by atoms with van der Waals surface area (Å²) in [6, 6.07) is 10.7. The Morgan fingerprint density at radius 2 is 1.96 bits per heavy atom. The third kappa shape index (κ3) is 4.35. The molecule has 0 radical (unpaired) electrons. The first-order valence-corrected chi connectivity index (χ1v) is 7.79. The summed E-state index contributed by atoms with van der Waals surface area (Å²) in [4.78, 5) is 16.1. The molecule has 3 rings (SSSR count). The molecule has 2 heterocycles. The van der Waals surface area contributed by atoms with Crippen molar-refractivity contribution in [2.75, 3.05) is 17.7 Å². The molecule has 0 aliphatic carbocycles. The van der Waals surface area contributed by atoms with E-state index < -0.39 is 0 Å². The summed E-state index contributed by atoms with van der Waals surface area (Å²) in [6.45, 7) is 2.52. The summed E-state index contributed by atoms with van der Waals surface area (Å²) < 4.78 is 6.91. The Bertz CT molecular complexity index is 861. The quantitative estimate of drug-likeness (QED) is 0.748. The van der Waals surface area contributed by atoms with Gasteiger partial charge in [0, 0.05) is 30.3 Å². The number of nitrogens with one attached hydrogen (secondary N) is 2. The highest BCUT2D eigenvalue weighted by molar-refractivity contribution is 5.99. The molecule has 2 amide bonds. The van der Waals surface area contributed by atoms with Crippen LogP contribution >= 0.6 is 0 Å². The van der Waals surface area contributed by atoms with Gasteiger partial charge in [-0.1, -0.05) is 0 Å². The molecule has 128 valence electrons. The number of urea groups is 1. The van der Waals surface area contributed by atoms with E-state index in [4.69, 9.17) is 4.74 Å². The molecule has 25 heavy (non-hydrogen) atoms. The molecule has 0 atom stereocenters. The summed E-state index contributed by atoms with van der Waals surface area (Å²) >= 11 is 0.